The van der Waals surface area contributed by atoms with Gasteiger partial charge < -0.3 is 9.47 Å². The van der Waals surface area contributed by atoms with E-state index in [0.717, 1.165) is 13.1 Å². The predicted octanol–water partition coefficient (Wildman–Crippen LogP) is 4.04. The van der Waals surface area contributed by atoms with Gasteiger partial charge in [0, 0.05) is 31.4 Å². The van der Waals surface area contributed by atoms with Crippen LogP contribution >= 0.6 is 0 Å². The minimum Gasteiger partial charge on any atom is -0.330 e. The van der Waals surface area contributed by atoms with Gasteiger partial charge in [0.1, 0.15) is 5.82 Å². The molecular weight excluding hydrogens is 270 g/mol. The van der Waals surface area contributed by atoms with Crippen molar-refractivity contribution < 1.29 is 0 Å². The van der Waals surface area contributed by atoms with Crippen molar-refractivity contribution in [2.75, 3.05) is 14.1 Å². The van der Waals surface area contributed by atoms with E-state index >= 15 is 0 Å². The number of hydrogen-bond acceptors (Lipinski definition) is 2. The normalized spacial score (nSPS) is 16.3. The van der Waals surface area contributed by atoms with Gasteiger partial charge in [0.2, 0.25) is 0 Å². The van der Waals surface area contributed by atoms with Gasteiger partial charge in [-0.1, -0.05) is 43.5 Å². The number of imidazole rings is 1. The molecule has 1 saturated carbocycles. The molecule has 0 radical (unpaired) electrons. The Labute approximate surface area is 134 Å². The molecule has 22 heavy (non-hydrogen) atoms. The van der Waals surface area contributed by atoms with E-state index in [1.807, 2.05) is 6.20 Å². The Morgan fingerprint density at radius 3 is 2.41 bits per heavy atom. The molecule has 0 unspecified atom stereocenters. The van der Waals surface area contributed by atoms with Gasteiger partial charge in [-0.25, -0.2) is 4.98 Å². The lowest BCUT2D eigenvalue weighted by Gasteiger charge is -2.22. The van der Waals surface area contributed by atoms with Crippen LogP contribution in [-0.4, -0.2) is 28.5 Å². The van der Waals surface area contributed by atoms with Gasteiger partial charge >= 0.3 is 0 Å². The predicted molar refractivity (Wildman–Crippen MR) is 91.0 cm³/mol. The van der Waals surface area contributed by atoms with Crippen LogP contribution in [0, 0.1) is 0 Å². The number of rotatable bonds is 5. The first kappa shape index (κ1) is 15.3. The molecule has 0 saturated heterocycles. The maximum Gasteiger partial charge on any atom is 0.112 e. The molecular formula is C19H27N3. The van der Waals surface area contributed by atoms with Gasteiger partial charge in [0.15, 0.2) is 0 Å². The summed E-state index contributed by atoms with van der Waals surface area (Å²) in [5.74, 6) is 1.95. The highest BCUT2D eigenvalue weighted by molar-refractivity contribution is 5.23. The Kier molecular flexibility index (Phi) is 4.94. The molecule has 3 rings (SSSR count). The number of hydrogen-bond donors (Lipinski definition) is 0. The van der Waals surface area contributed by atoms with E-state index in [0.29, 0.717) is 5.92 Å². The molecule has 0 N–H and O–H groups in total. The SMILES string of the molecule is CN(C)Cc1ccc(Cn2ccnc2C2CCCCC2)cc1. The smallest absolute Gasteiger partial charge is 0.112 e. The van der Waals surface area contributed by atoms with Crippen molar-refractivity contribution in [1.29, 1.82) is 0 Å². The van der Waals surface area contributed by atoms with Gasteiger partial charge in [0.25, 0.3) is 0 Å². The highest BCUT2D eigenvalue weighted by Gasteiger charge is 2.19. The summed E-state index contributed by atoms with van der Waals surface area (Å²) in [5, 5.41) is 0. The first-order valence-electron chi connectivity index (χ1n) is 8.46. The van der Waals surface area contributed by atoms with E-state index < -0.39 is 0 Å². The molecule has 2 aromatic rings. The highest BCUT2D eigenvalue weighted by atomic mass is 15.1. The van der Waals surface area contributed by atoms with Crippen molar-refractivity contribution in [3.05, 3.63) is 53.6 Å². The molecule has 1 aromatic carbocycles. The van der Waals surface area contributed by atoms with Gasteiger partial charge in [-0.05, 0) is 38.1 Å². The maximum atomic E-state index is 4.65. The van der Waals surface area contributed by atoms with Crippen molar-refractivity contribution in [3.63, 3.8) is 0 Å². The van der Waals surface area contributed by atoms with Crippen molar-refractivity contribution in [3.8, 4) is 0 Å². The zero-order chi connectivity index (χ0) is 15.4. The fraction of sp³-hybridized carbons (Fsp3) is 0.526. The van der Waals surface area contributed by atoms with E-state index in [1.165, 1.54) is 49.1 Å². The van der Waals surface area contributed by atoms with Crippen LogP contribution in [0.3, 0.4) is 0 Å². The summed E-state index contributed by atoms with van der Waals surface area (Å²) < 4.78 is 2.34. The number of aromatic nitrogens is 2. The van der Waals surface area contributed by atoms with Gasteiger partial charge in [-0.3, -0.25) is 0 Å². The third-order valence-corrected chi connectivity index (χ3v) is 4.59. The highest BCUT2D eigenvalue weighted by Crippen LogP contribution is 2.31. The minimum absolute atomic E-state index is 0.664. The summed E-state index contributed by atoms with van der Waals surface area (Å²) in [7, 11) is 4.21. The standard InChI is InChI=1S/C19H27N3/c1-21(2)14-16-8-10-17(11-9-16)15-22-13-12-20-19(22)18-6-4-3-5-7-18/h8-13,18H,3-7,14-15H2,1-2H3. The Bertz CT molecular complexity index is 577. The minimum atomic E-state index is 0.664. The van der Waals surface area contributed by atoms with E-state index in [-0.39, 0.29) is 0 Å². The molecule has 1 aliphatic rings. The molecule has 0 aliphatic heterocycles. The van der Waals surface area contributed by atoms with Crippen LogP contribution in [0.5, 0.6) is 0 Å². The largest absolute Gasteiger partial charge is 0.330 e. The van der Waals surface area contributed by atoms with Crippen molar-refractivity contribution in [2.24, 2.45) is 0 Å². The van der Waals surface area contributed by atoms with Crippen LogP contribution in [0.15, 0.2) is 36.7 Å². The third-order valence-electron chi connectivity index (χ3n) is 4.59. The zero-order valence-electron chi connectivity index (χ0n) is 13.8. The molecule has 0 atom stereocenters. The fourth-order valence-electron chi connectivity index (χ4n) is 3.49. The Hall–Kier alpha value is -1.61. The van der Waals surface area contributed by atoms with Gasteiger partial charge in [0.05, 0.1) is 0 Å². The van der Waals surface area contributed by atoms with E-state index in [2.05, 4.69) is 59.0 Å². The summed E-state index contributed by atoms with van der Waals surface area (Å²) in [6, 6.07) is 8.99. The van der Waals surface area contributed by atoms with Crippen LogP contribution in [-0.2, 0) is 13.1 Å². The molecule has 1 aliphatic carbocycles. The summed E-state index contributed by atoms with van der Waals surface area (Å²) in [6.45, 7) is 1.94. The first-order valence-corrected chi connectivity index (χ1v) is 8.46. The first-order chi connectivity index (χ1) is 10.7. The molecule has 3 nitrogen and oxygen atoms in total. The summed E-state index contributed by atoms with van der Waals surface area (Å²) in [5.41, 5.74) is 2.73. The molecule has 1 aromatic heterocycles. The summed E-state index contributed by atoms with van der Waals surface area (Å²) in [4.78, 5) is 6.85. The lowest BCUT2D eigenvalue weighted by atomic mass is 9.88. The lowest BCUT2D eigenvalue weighted by Crippen LogP contribution is -2.13. The second kappa shape index (κ2) is 7.10. The van der Waals surface area contributed by atoms with Gasteiger partial charge in [-0.2, -0.15) is 0 Å². The van der Waals surface area contributed by atoms with Crippen molar-refractivity contribution in [2.45, 2.75) is 51.1 Å². The molecule has 3 heteroatoms. The van der Waals surface area contributed by atoms with Crippen LogP contribution in [0.2, 0.25) is 0 Å². The van der Waals surface area contributed by atoms with Crippen molar-refractivity contribution in [1.82, 2.24) is 14.5 Å². The summed E-state index contributed by atoms with van der Waals surface area (Å²) in [6.07, 6.45) is 10.8. The quantitative estimate of drug-likeness (QED) is 0.830. The zero-order valence-corrected chi connectivity index (χ0v) is 13.8. The second-order valence-electron chi connectivity index (χ2n) is 6.80. The van der Waals surface area contributed by atoms with Crippen LogP contribution < -0.4 is 0 Å². The Morgan fingerprint density at radius 1 is 1.05 bits per heavy atom. The lowest BCUT2D eigenvalue weighted by molar-refractivity contribution is 0.402. The molecule has 0 amide bonds. The van der Waals surface area contributed by atoms with Crippen LogP contribution in [0.25, 0.3) is 0 Å². The maximum absolute atomic E-state index is 4.65. The number of benzene rings is 1. The number of nitrogens with zero attached hydrogens (tertiary/aromatic N) is 3. The molecule has 1 fully saturated rings. The third kappa shape index (κ3) is 3.77. The fourth-order valence-corrected chi connectivity index (χ4v) is 3.49. The molecule has 1 heterocycles. The molecule has 0 spiro atoms. The molecule has 0 bridgehead atoms. The topological polar surface area (TPSA) is 21.1 Å². The van der Waals surface area contributed by atoms with Crippen LogP contribution in [0.4, 0.5) is 0 Å². The second-order valence-corrected chi connectivity index (χ2v) is 6.80. The summed E-state index contributed by atoms with van der Waals surface area (Å²) >= 11 is 0. The average Bonchev–Trinajstić information content (AvgIpc) is 2.98. The van der Waals surface area contributed by atoms with Crippen LogP contribution in [0.1, 0.15) is 55.0 Å². The monoisotopic (exact) mass is 297 g/mol. The van der Waals surface area contributed by atoms with Gasteiger partial charge in [-0.15, -0.1) is 0 Å². The van der Waals surface area contributed by atoms with E-state index in [1.54, 1.807) is 0 Å². The Morgan fingerprint density at radius 2 is 1.73 bits per heavy atom. The van der Waals surface area contributed by atoms with E-state index in [9.17, 15) is 0 Å². The van der Waals surface area contributed by atoms with Crippen molar-refractivity contribution >= 4 is 0 Å². The Balaban J connectivity index is 1.69. The average molecular weight is 297 g/mol. The molecule has 118 valence electrons. The van der Waals surface area contributed by atoms with E-state index in [4.69, 9.17) is 0 Å².